The summed E-state index contributed by atoms with van der Waals surface area (Å²) in [7, 11) is 9.09. The van der Waals surface area contributed by atoms with Gasteiger partial charge < -0.3 is 72.7 Å². The summed E-state index contributed by atoms with van der Waals surface area (Å²) in [6.45, 7) is 3.65. The van der Waals surface area contributed by atoms with E-state index in [-0.39, 0.29) is 57.0 Å². The van der Waals surface area contributed by atoms with Crippen LogP contribution in [0.3, 0.4) is 0 Å². The van der Waals surface area contributed by atoms with E-state index in [2.05, 4.69) is 10.3 Å². The van der Waals surface area contributed by atoms with Gasteiger partial charge in [-0.2, -0.15) is 0 Å². The summed E-state index contributed by atoms with van der Waals surface area (Å²) >= 11 is 0. The molecule has 0 spiro atoms. The van der Waals surface area contributed by atoms with E-state index in [9.17, 15) is 39.0 Å². The van der Waals surface area contributed by atoms with Gasteiger partial charge in [0, 0.05) is 38.4 Å². The van der Waals surface area contributed by atoms with Gasteiger partial charge in [0.05, 0.1) is 67.7 Å². The Morgan fingerprint density at radius 1 is 0.541 bits per heavy atom. The number of piperidine rings is 2. The van der Waals surface area contributed by atoms with Crippen molar-refractivity contribution in [2.45, 2.75) is 153 Å². The maximum atomic E-state index is 14.6. The highest BCUT2D eigenvalue weighted by Gasteiger charge is 2.40. The highest BCUT2D eigenvalue weighted by atomic mass is 16.6. The lowest BCUT2D eigenvalue weighted by Crippen LogP contribution is -2.50. The van der Waals surface area contributed by atoms with Crippen LogP contribution < -0.4 is 43.2 Å². The first-order valence-electron chi connectivity index (χ1n) is 33.7. The van der Waals surface area contributed by atoms with E-state index in [1.807, 2.05) is 50.2 Å². The van der Waals surface area contributed by atoms with Crippen LogP contribution in [0.4, 0.5) is 0 Å². The van der Waals surface area contributed by atoms with Gasteiger partial charge in [-0.1, -0.05) is 62.4 Å². The highest BCUT2D eigenvalue weighted by Crippen LogP contribution is 2.44. The second-order valence-corrected chi connectivity index (χ2v) is 24.3. The number of aliphatic hydroxyl groups excluding tert-OH is 2. The van der Waals surface area contributed by atoms with Crippen molar-refractivity contribution in [3.63, 3.8) is 0 Å². The van der Waals surface area contributed by atoms with E-state index in [0.29, 0.717) is 163 Å². The summed E-state index contributed by atoms with van der Waals surface area (Å²) < 4.78 is 58.4. The first-order chi connectivity index (χ1) is 47.6. The van der Waals surface area contributed by atoms with E-state index in [1.54, 1.807) is 88.9 Å². The predicted molar refractivity (Wildman–Crippen MR) is 365 cm³/mol. The number of carbonyl (C=O) groups is 6. The maximum absolute atomic E-state index is 14.6. The second-order valence-electron chi connectivity index (χ2n) is 24.3. The van der Waals surface area contributed by atoms with Crippen molar-refractivity contribution < 1.29 is 86.3 Å². The summed E-state index contributed by atoms with van der Waals surface area (Å²) in [4.78, 5) is 92.3. The SMILES string of the molecule is CC[C@H](C(=O)N1CCCC[C@H]1C(=O)O[C@H](CCc1ccc(CO)c(CO)c1)c1cccc(OCC(=O)CCCNC(=O)COc2cccc([C@@H](CCc3cccnc3)OC(=O)[C@@H]3CCCCN3C(=O)[C@@H](CC)c3cc(OC)c(OC)c(OC)c3)c2)c1)c1cc(OC)c(OC)c(OC)c1. The van der Waals surface area contributed by atoms with Crippen molar-refractivity contribution in [1.82, 2.24) is 20.1 Å². The van der Waals surface area contributed by atoms with Crippen LogP contribution in [0.1, 0.15) is 159 Å². The molecule has 0 bridgehead atoms. The Morgan fingerprint density at radius 2 is 1.03 bits per heavy atom. The zero-order valence-corrected chi connectivity index (χ0v) is 57.6. The number of aryl methyl sites for hydroxylation is 2. The number of amides is 3. The molecule has 3 heterocycles. The smallest absolute Gasteiger partial charge is 0.329 e. The molecule has 8 rings (SSSR count). The molecular weight excluding hydrogens is 1260 g/mol. The number of likely N-dealkylation sites (tertiary alicyclic amines) is 2. The molecule has 22 nitrogen and oxygen atoms in total. The minimum atomic E-state index is -0.871. The first kappa shape index (κ1) is 74.4. The molecule has 2 saturated heterocycles. The molecule has 5 aromatic carbocycles. The molecule has 1 aromatic heterocycles. The quantitative estimate of drug-likeness (QED) is 0.0244. The summed E-state index contributed by atoms with van der Waals surface area (Å²) in [5.74, 6) is -0.183. The zero-order valence-electron chi connectivity index (χ0n) is 57.6. The molecule has 0 saturated carbocycles. The van der Waals surface area contributed by atoms with Crippen LogP contribution >= 0.6 is 0 Å². The van der Waals surface area contributed by atoms with Crippen molar-refractivity contribution >= 4 is 35.4 Å². The Labute approximate surface area is 574 Å². The largest absolute Gasteiger partial charge is 0.493 e. The number of pyridine rings is 1. The molecule has 6 aromatic rings. The third kappa shape index (κ3) is 19.5. The van der Waals surface area contributed by atoms with Crippen molar-refractivity contribution in [2.75, 3.05) is 75.5 Å². The third-order valence-corrected chi connectivity index (χ3v) is 18.1. The van der Waals surface area contributed by atoms with Gasteiger partial charge in [0.1, 0.15) is 42.4 Å². The average Bonchev–Trinajstić information content (AvgIpc) is 0.801. The fraction of sp³-hybridized carbons (Fsp3) is 0.461. The molecule has 526 valence electrons. The molecule has 3 N–H and O–H groups in total. The summed E-state index contributed by atoms with van der Waals surface area (Å²) in [6, 6.07) is 28.6. The molecule has 0 unspecified atom stereocenters. The number of benzene rings is 5. The third-order valence-electron chi connectivity index (χ3n) is 18.1. The van der Waals surface area contributed by atoms with Gasteiger partial charge >= 0.3 is 11.9 Å². The lowest BCUT2D eigenvalue weighted by atomic mass is 9.91. The number of aromatic nitrogens is 1. The number of esters is 2. The highest BCUT2D eigenvalue weighted by molar-refractivity contribution is 5.90. The molecule has 0 aliphatic carbocycles. The van der Waals surface area contributed by atoms with Gasteiger partial charge in [0.2, 0.25) is 23.3 Å². The van der Waals surface area contributed by atoms with Crippen LogP contribution in [0.2, 0.25) is 0 Å². The standard InChI is InChI=1S/C76H94N4O18/c1-9-60(54-40-66(89-3)71(93-7)67(41-54)90-4)73(85)79-35-13-11-25-62(79)75(87)97-64(31-28-49-27-30-53(45-81)56(37-49)46-82)51-20-15-23-58(38-51)95-47-57(83)22-18-34-78-70(84)48-96-59-24-16-21-52(39-59)65(32-29-50-19-17-33-77-44-50)98-76(88)63-26-12-14-36-80(63)74(86)61(10-2)55-42-68(91-5)72(94-8)69(43-55)92-6/h15-17,19-21,23-24,27,30,33,37-44,60-65,81-82H,9-14,18,22,25-26,28-29,31-32,34-36,45-48H2,1-8H3,(H,78,84)/t60-,61-,62-,63-,64+,65+/m0/s1. The van der Waals surface area contributed by atoms with E-state index < -0.39 is 54.0 Å². The molecule has 2 aliphatic heterocycles. The number of rotatable bonds is 36. The number of carbonyl (C=O) groups excluding carboxylic acids is 6. The normalized spacial score (nSPS) is 15.7. The molecule has 98 heavy (non-hydrogen) atoms. The molecule has 2 fully saturated rings. The van der Waals surface area contributed by atoms with E-state index in [4.69, 9.17) is 47.4 Å². The van der Waals surface area contributed by atoms with Gasteiger partial charge in [0.25, 0.3) is 5.91 Å². The Bertz CT molecular complexity index is 3590. The van der Waals surface area contributed by atoms with Gasteiger partial charge in [-0.3, -0.25) is 24.2 Å². The zero-order chi connectivity index (χ0) is 70.1. The van der Waals surface area contributed by atoms with Crippen LogP contribution in [-0.4, -0.2) is 148 Å². The summed E-state index contributed by atoms with van der Waals surface area (Å²) in [6.07, 6.45) is 8.53. The van der Waals surface area contributed by atoms with Crippen molar-refractivity contribution in [3.8, 4) is 46.0 Å². The molecule has 6 atom stereocenters. The Kier molecular flexibility index (Phi) is 28.4. The molecule has 2 aliphatic rings. The number of methoxy groups -OCH3 is 6. The Hall–Kier alpha value is -9.41. The minimum absolute atomic E-state index is 0.0985. The summed E-state index contributed by atoms with van der Waals surface area (Å²) in [5.41, 5.74) is 5.54. The predicted octanol–water partition coefficient (Wildman–Crippen LogP) is 10.6. The van der Waals surface area contributed by atoms with Gasteiger partial charge in [0.15, 0.2) is 35.4 Å². The lowest BCUT2D eigenvalue weighted by Gasteiger charge is -2.37. The number of nitrogens with one attached hydrogen (secondary N) is 1. The molecule has 3 amide bonds. The molecule has 0 radical (unpaired) electrons. The maximum Gasteiger partial charge on any atom is 0.329 e. The van der Waals surface area contributed by atoms with E-state index in [1.165, 1.54) is 42.7 Å². The minimum Gasteiger partial charge on any atom is -0.493 e. The second kappa shape index (κ2) is 37.4. The monoisotopic (exact) mass is 1350 g/mol. The number of ether oxygens (including phenoxy) is 10. The number of hydrogen-bond donors (Lipinski definition) is 3. The van der Waals surface area contributed by atoms with Gasteiger partial charge in [-0.05, 0) is 183 Å². The van der Waals surface area contributed by atoms with Crippen LogP contribution in [0.25, 0.3) is 0 Å². The molecular formula is C76H94N4O18. The number of Topliss-reactive ketones (excluding diaryl/α,β-unsaturated/α-hetero) is 1. The van der Waals surface area contributed by atoms with Crippen LogP contribution in [0, 0.1) is 0 Å². The van der Waals surface area contributed by atoms with Crippen LogP contribution in [-0.2, 0) is 64.3 Å². The van der Waals surface area contributed by atoms with Gasteiger partial charge in [-0.15, -0.1) is 0 Å². The summed E-state index contributed by atoms with van der Waals surface area (Å²) in [5, 5.41) is 22.8. The van der Waals surface area contributed by atoms with Crippen LogP contribution in [0.15, 0.2) is 116 Å². The molecule has 22 heteroatoms. The lowest BCUT2D eigenvalue weighted by molar-refractivity contribution is -0.162. The number of hydrogen-bond acceptors (Lipinski definition) is 19. The number of aliphatic hydroxyl groups is 2. The van der Waals surface area contributed by atoms with E-state index >= 15 is 0 Å². The Morgan fingerprint density at radius 3 is 1.48 bits per heavy atom. The fourth-order valence-electron chi connectivity index (χ4n) is 12.9. The van der Waals surface area contributed by atoms with Crippen LogP contribution in [0.5, 0.6) is 46.0 Å². The van der Waals surface area contributed by atoms with Gasteiger partial charge in [-0.25, -0.2) is 9.59 Å². The number of nitrogens with zero attached hydrogens (tertiary/aromatic N) is 3. The fourth-order valence-corrected chi connectivity index (χ4v) is 12.9. The van der Waals surface area contributed by atoms with Crippen molar-refractivity contribution in [3.05, 3.63) is 160 Å². The average molecular weight is 1350 g/mol. The first-order valence-corrected chi connectivity index (χ1v) is 33.7. The Balaban J connectivity index is 0.866. The van der Waals surface area contributed by atoms with E-state index in [0.717, 1.165) is 24.0 Å². The van der Waals surface area contributed by atoms with Crippen molar-refractivity contribution in [1.29, 1.82) is 0 Å². The topological polar surface area (TPSA) is 267 Å². The number of ketones is 1. The van der Waals surface area contributed by atoms with Crippen molar-refractivity contribution in [2.24, 2.45) is 0 Å².